The van der Waals surface area contributed by atoms with Gasteiger partial charge in [-0.2, -0.15) is 0 Å². The molecule has 0 fully saturated rings. The molecule has 18 heavy (non-hydrogen) atoms. The average Bonchev–Trinajstić information content (AvgIpc) is 2.30. The molecule has 2 aromatic rings. The Hall–Kier alpha value is -2.09. The van der Waals surface area contributed by atoms with Crippen molar-refractivity contribution in [2.45, 2.75) is 20.3 Å². The summed E-state index contributed by atoms with van der Waals surface area (Å²) in [4.78, 5) is 10.6. The van der Waals surface area contributed by atoms with Crippen LogP contribution in [-0.2, 0) is 11.2 Å². The minimum Gasteiger partial charge on any atom is -0.481 e. The second kappa shape index (κ2) is 5.05. The van der Waals surface area contributed by atoms with Crippen LogP contribution in [0, 0.1) is 13.8 Å². The lowest BCUT2D eigenvalue weighted by Gasteiger charge is -2.10. The van der Waals surface area contributed by atoms with Gasteiger partial charge in [-0.1, -0.05) is 42.5 Å². The number of benzene rings is 2. The first-order valence-corrected chi connectivity index (χ1v) is 5.95. The second-order valence-electron chi connectivity index (χ2n) is 4.53. The maximum atomic E-state index is 10.6. The molecule has 0 heterocycles. The van der Waals surface area contributed by atoms with Gasteiger partial charge in [0, 0.05) is 0 Å². The molecule has 0 aliphatic carbocycles. The lowest BCUT2D eigenvalue weighted by atomic mass is 9.95. The van der Waals surface area contributed by atoms with E-state index in [1.165, 1.54) is 16.7 Å². The van der Waals surface area contributed by atoms with Crippen LogP contribution in [0.25, 0.3) is 11.1 Å². The summed E-state index contributed by atoms with van der Waals surface area (Å²) in [6, 6.07) is 14.0. The van der Waals surface area contributed by atoms with E-state index in [0.29, 0.717) is 0 Å². The summed E-state index contributed by atoms with van der Waals surface area (Å²) in [7, 11) is 0. The van der Waals surface area contributed by atoms with Crippen LogP contribution in [0.3, 0.4) is 0 Å². The van der Waals surface area contributed by atoms with Crippen LogP contribution in [0.2, 0.25) is 0 Å². The highest BCUT2D eigenvalue weighted by molar-refractivity contribution is 5.73. The molecule has 0 amide bonds. The van der Waals surface area contributed by atoms with E-state index in [-0.39, 0.29) is 6.42 Å². The van der Waals surface area contributed by atoms with E-state index in [0.717, 1.165) is 11.1 Å². The third-order valence-corrected chi connectivity index (χ3v) is 3.08. The highest BCUT2D eigenvalue weighted by Crippen LogP contribution is 2.27. The number of hydrogen-bond donors (Lipinski definition) is 1. The van der Waals surface area contributed by atoms with Crippen LogP contribution in [0.5, 0.6) is 0 Å². The van der Waals surface area contributed by atoms with Gasteiger partial charge in [0.1, 0.15) is 0 Å². The Bertz CT molecular complexity index is 548. The van der Waals surface area contributed by atoms with E-state index in [1.807, 2.05) is 30.3 Å². The summed E-state index contributed by atoms with van der Waals surface area (Å²) < 4.78 is 0. The van der Waals surface area contributed by atoms with Crippen molar-refractivity contribution < 1.29 is 9.90 Å². The first-order valence-electron chi connectivity index (χ1n) is 5.95. The van der Waals surface area contributed by atoms with Crippen LogP contribution >= 0.6 is 0 Å². The number of carbonyl (C=O) groups is 1. The predicted octanol–water partition coefficient (Wildman–Crippen LogP) is 3.60. The van der Waals surface area contributed by atoms with Gasteiger partial charge >= 0.3 is 5.97 Å². The number of aliphatic carboxylic acids is 1. The Balaban J connectivity index is 2.37. The summed E-state index contributed by atoms with van der Waals surface area (Å²) in [6.07, 6.45) is 0.0764. The standard InChI is InChI=1S/C16H16O2/c1-11-4-3-5-12(2)16(11)14-8-6-13(7-9-14)10-15(17)18/h3-9H,10H2,1-2H3,(H,17,18). The lowest BCUT2D eigenvalue weighted by Crippen LogP contribution is -1.99. The average molecular weight is 240 g/mol. The number of aryl methyl sites for hydroxylation is 2. The minimum absolute atomic E-state index is 0.0764. The van der Waals surface area contributed by atoms with Crippen LogP contribution in [0.1, 0.15) is 16.7 Å². The van der Waals surface area contributed by atoms with Crippen LogP contribution < -0.4 is 0 Å². The third kappa shape index (κ3) is 2.59. The van der Waals surface area contributed by atoms with E-state index in [1.54, 1.807) is 0 Å². The van der Waals surface area contributed by atoms with Gasteiger partial charge in [-0.05, 0) is 41.7 Å². The van der Waals surface area contributed by atoms with Gasteiger partial charge in [0.05, 0.1) is 6.42 Å². The number of hydrogen-bond acceptors (Lipinski definition) is 1. The van der Waals surface area contributed by atoms with Crippen molar-refractivity contribution >= 4 is 5.97 Å². The fourth-order valence-electron chi connectivity index (χ4n) is 2.23. The molecule has 0 unspecified atom stereocenters. The molecular formula is C16H16O2. The molecule has 0 aliphatic heterocycles. The fourth-order valence-corrected chi connectivity index (χ4v) is 2.23. The molecular weight excluding hydrogens is 224 g/mol. The second-order valence-corrected chi connectivity index (χ2v) is 4.53. The van der Waals surface area contributed by atoms with Gasteiger partial charge < -0.3 is 5.11 Å². The third-order valence-electron chi connectivity index (χ3n) is 3.08. The van der Waals surface area contributed by atoms with Gasteiger partial charge in [0.2, 0.25) is 0 Å². The lowest BCUT2D eigenvalue weighted by molar-refractivity contribution is -0.136. The van der Waals surface area contributed by atoms with Crippen molar-refractivity contribution in [2.24, 2.45) is 0 Å². The molecule has 2 rings (SSSR count). The SMILES string of the molecule is Cc1cccc(C)c1-c1ccc(CC(=O)O)cc1. The Morgan fingerprint density at radius 1 is 1.00 bits per heavy atom. The van der Waals surface area contributed by atoms with E-state index in [4.69, 9.17) is 5.11 Å². The number of carboxylic acid groups (broad SMARTS) is 1. The smallest absolute Gasteiger partial charge is 0.307 e. The Labute approximate surface area is 107 Å². The normalized spacial score (nSPS) is 10.3. The van der Waals surface area contributed by atoms with E-state index in [9.17, 15) is 4.79 Å². The summed E-state index contributed by atoms with van der Waals surface area (Å²) in [5.41, 5.74) is 5.68. The van der Waals surface area contributed by atoms with Crippen LogP contribution in [-0.4, -0.2) is 11.1 Å². The summed E-state index contributed by atoms with van der Waals surface area (Å²) in [5.74, 6) is -0.796. The highest BCUT2D eigenvalue weighted by Gasteiger charge is 2.06. The van der Waals surface area contributed by atoms with Gasteiger partial charge in [-0.25, -0.2) is 0 Å². The Morgan fingerprint density at radius 3 is 2.06 bits per heavy atom. The van der Waals surface area contributed by atoms with Crippen molar-refractivity contribution in [3.05, 3.63) is 59.2 Å². The maximum Gasteiger partial charge on any atom is 0.307 e. The molecule has 0 spiro atoms. The summed E-state index contributed by atoms with van der Waals surface area (Å²) >= 11 is 0. The Kier molecular flexibility index (Phi) is 3.47. The van der Waals surface area contributed by atoms with E-state index >= 15 is 0 Å². The largest absolute Gasteiger partial charge is 0.481 e. The molecule has 0 aliphatic rings. The quantitative estimate of drug-likeness (QED) is 0.890. The van der Waals surface area contributed by atoms with Crippen LogP contribution in [0.15, 0.2) is 42.5 Å². The zero-order valence-electron chi connectivity index (χ0n) is 10.6. The maximum absolute atomic E-state index is 10.6. The van der Waals surface area contributed by atoms with Crippen molar-refractivity contribution in [3.63, 3.8) is 0 Å². The topological polar surface area (TPSA) is 37.3 Å². The zero-order valence-corrected chi connectivity index (χ0v) is 10.6. The molecule has 2 heteroatoms. The molecule has 2 nitrogen and oxygen atoms in total. The van der Waals surface area contributed by atoms with Gasteiger partial charge in [0.15, 0.2) is 0 Å². The minimum atomic E-state index is -0.796. The summed E-state index contributed by atoms with van der Waals surface area (Å²) in [5, 5.41) is 8.74. The first kappa shape index (κ1) is 12.4. The molecule has 0 bridgehead atoms. The van der Waals surface area contributed by atoms with E-state index < -0.39 is 5.97 Å². The van der Waals surface area contributed by atoms with Crippen molar-refractivity contribution in [1.82, 2.24) is 0 Å². The first-order chi connectivity index (χ1) is 8.58. The van der Waals surface area contributed by atoms with Gasteiger partial charge in [-0.3, -0.25) is 4.79 Å². The van der Waals surface area contributed by atoms with Crippen molar-refractivity contribution in [2.75, 3.05) is 0 Å². The molecule has 0 atom stereocenters. The molecule has 0 aromatic heterocycles. The highest BCUT2D eigenvalue weighted by atomic mass is 16.4. The number of rotatable bonds is 3. The summed E-state index contributed by atoms with van der Waals surface area (Å²) in [6.45, 7) is 4.18. The molecule has 2 aromatic carbocycles. The van der Waals surface area contributed by atoms with Crippen LogP contribution in [0.4, 0.5) is 0 Å². The molecule has 0 radical (unpaired) electrons. The molecule has 1 N–H and O–H groups in total. The van der Waals surface area contributed by atoms with Gasteiger partial charge in [-0.15, -0.1) is 0 Å². The van der Waals surface area contributed by atoms with Gasteiger partial charge in [0.25, 0.3) is 0 Å². The monoisotopic (exact) mass is 240 g/mol. The number of carboxylic acids is 1. The van der Waals surface area contributed by atoms with Crippen molar-refractivity contribution in [1.29, 1.82) is 0 Å². The fraction of sp³-hybridized carbons (Fsp3) is 0.188. The molecule has 0 saturated carbocycles. The molecule has 92 valence electrons. The predicted molar refractivity (Wildman–Crippen MR) is 72.7 cm³/mol. The van der Waals surface area contributed by atoms with E-state index in [2.05, 4.69) is 26.0 Å². The zero-order chi connectivity index (χ0) is 13.1. The molecule has 0 saturated heterocycles. The van der Waals surface area contributed by atoms with Crippen molar-refractivity contribution in [3.8, 4) is 11.1 Å². The Morgan fingerprint density at radius 2 is 1.56 bits per heavy atom.